The summed E-state index contributed by atoms with van der Waals surface area (Å²) in [5.41, 5.74) is 3.85. The molecule has 0 aliphatic carbocycles. The Bertz CT molecular complexity index is 1150. The molecule has 0 atom stereocenters. The Labute approximate surface area is 186 Å². The largest absolute Gasteiger partial charge is 0.350 e. The fourth-order valence-electron chi connectivity index (χ4n) is 3.63. The second-order valence-electron chi connectivity index (χ2n) is 7.55. The molecule has 4 amide bonds. The maximum Gasteiger partial charge on any atom is 0.326 e. The molecule has 1 aliphatic rings. The molecule has 7 heteroatoms. The summed E-state index contributed by atoms with van der Waals surface area (Å²) in [5, 5.41) is 5.69. The molecule has 0 fully saturated rings. The Morgan fingerprint density at radius 1 is 0.875 bits per heavy atom. The number of hydrogen-bond acceptors (Lipinski definition) is 3. The van der Waals surface area contributed by atoms with E-state index >= 15 is 0 Å². The molecule has 0 saturated carbocycles. The number of benzene rings is 3. The minimum absolute atomic E-state index is 0.115. The molecular weight excluding hydrogens is 404 g/mol. The van der Waals surface area contributed by atoms with Crippen LogP contribution in [0.3, 0.4) is 0 Å². The van der Waals surface area contributed by atoms with Gasteiger partial charge in [-0.3, -0.25) is 19.4 Å². The normalized spacial score (nSPS) is 12.8. The van der Waals surface area contributed by atoms with Crippen molar-refractivity contribution < 1.29 is 14.4 Å². The molecule has 0 spiro atoms. The van der Waals surface area contributed by atoms with Crippen LogP contribution in [0, 0.1) is 6.92 Å². The lowest BCUT2D eigenvalue weighted by molar-refractivity contribution is -0.123. The van der Waals surface area contributed by atoms with Crippen LogP contribution in [0.15, 0.2) is 78.9 Å². The average molecular weight is 428 g/mol. The summed E-state index contributed by atoms with van der Waals surface area (Å²) in [7, 11) is 0. The molecule has 3 aromatic rings. The number of nitrogens with one attached hydrogen (secondary N) is 2. The number of anilines is 3. The van der Waals surface area contributed by atoms with Gasteiger partial charge in [0.1, 0.15) is 13.1 Å². The van der Waals surface area contributed by atoms with Gasteiger partial charge in [-0.15, -0.1) is 0 Å². The number of aryl methyl sites for hydroxylation is 1. The van der Waals surface area contributed by atoms with Gasteiger partial charge in [0.25, 0.3) is 0 Å². The zero-order valence-corrected chi connectivity index (χ0v) is 17.7. The molecule has 32 heavy (non-hydrogen) atoms. The summed E-state index contributed by atoms with van der Waals surface area (Å²) in [4.78, 5) is 41.2. The van der Waals surface area contributed by atoms with E-state index in [0.717, 1.165) is 11.1 Å². The van der Waals surface area contributed by atoms with Crippen molar-refractivity contribution in [3.63, 3.8) is 0 Å². The standard InChI is InChI=1S/C25H24N4O3/c1-18-9-5-6-10-19(18)15-26-23(30)16-28-21-13-7-8-14-22(21)29(17-24(28)31)25(32)27-20-11-3-2-4-12-20/h2-14H,15-17H2,1H3,(H,26,30)(H,27,32). The van der Waals surface area contributed by atoms with Gasteiger partial charge in [-0.1, -0.05) is 54.6 Å². The highest BCUT2D eigenvalue weighted by molar-refractivity contribution is 6.14. The minimum Gasteiger partial charge on any atom is -0.350 e. The summed E-state index contributed by atoms with van der Waals surface area (Å²) in [6.07, 6.45) is 0. The lowest BCUT2D eigenvalue weighted by atomic mass is 10.1. The van der Waals surface area contributed by atoms with Gasteiger partial charge >= 0.3 is 6.03 Å². The van der Waals surface area contributed by atoms with Gasteiger partial charge in [0.05, 0.1) is 11.4 Å². The first kappa shape index (κ1) is 21.1. The Morgan fingerprint density at radius 2 is 1.53 bits per heavy atom. The van der Waals surface area contributed by atoms with Crippen LogP contribution in [0.25, 0.3) is 0 Å². The number of hydrogen-bond donors (Lipinski definition) is 2. The number of para-hydroxylation sites is 3. The van der Waals surface area contributed by atoms with Crippen molar-refractivity contribution >= 4 is 34.9 Å². The van der Waals surface area contributed by atoms with E-state index in [1.165, 1.54) is 9.80 Å². The smallest absolute Gasteiger partial charge is 0.326 e. The fourth-order valence-corrected chi connectivity index (χ4v) is 3.63. The number of rotatable bonds is 5. The van der Waals surface area contributed by atoms with Crippen molar-refractivity contribution in [3.8, 4) is 0 Å². The molecule has 0 saturated heterocycles. The molecule has 162 valence electrons. The highest BCUT2D eigenvalue weighted by atomic mass is 16.2. The number of urea groups is 1. The number of carbonyl (C=O) groups excluding carboxylic acids is 3. The van der Waals surface area contributed by atoms with Crippen molar-refractivity contribution in [1.29, 1.82) is 0 Å². The Balaban J connectivity index is 1.48. The molecule has 0 bridgehead atoms. The van der Waals surface area contributed by atoms with Crippen LogP contribution in [-0.4, -0.2) is 30.9 Å². The van der Waals surface area contributed by atoms with E-state index in [-0.39, 0.29) is 24.9 Å². The first-order chi connectivity index (χ1) is 15.5. The highest BCUT2D eigenvalue weighted by Gasteiger charge is 2.33. The van der Waals surface area contributed by atoms with E-state index in [4.69, 9.17) is 0 Å². The van der Waals surface area contributed by atoms with Crippen molar-refractivity contribution in [2.75, 3.05) is 28.2 Å². The summed E-state index contributed by atoms with van der Waals surface area (Å²) in [6.45, 7) is 2.11. The van der Waals surface area contributed by atoms with E-state index < -0.39 is 6.03 Å². The number of fused-ring (bicyclic) bond motifs is 1. The van der Waals surface area contributed by atoms with Crippen LogP contribution < -0.4 is 20.4 Å². The maximum atomic E-state index is 12.9. The topological polar surface area (TPSA) is 81.8 Å². The van der Waals surface area contributed by atoms with E-state index in [2.05, 4.69) is 10.6 Å². The van der Waals surface area contributed by atoms with Gasteiger partial charge < -0.3 is 10.6 Å². The molecule has 0 radical (unpaired) electrons. The summed E-state index contributed by atoms with van der Waals surface area (Å²) in [6, 6.07) is 23.6. The Kier molecular flexibility index (Phi) is 6.17. The minimum atomic E-state index is -0.402. The third-order valence-electron chi connectivity index (χ3n) is 5.37. The lowest BCUT2D eigenvalue weighted by Gasteiger charge is -2.35. The highest BCUT2D eigenvalue weighted by Crippen LogP contribution is 2.33. The molecular formula is C25H24N4O3. The Hall–Kier alpha value is -4.13. The average Bonchev–Trinajstić information content (AvgIpc) is 2.81. The second kappa shape index (κ2) is 9.34. The molecule has 4 rings (SSSR count). The van der Waals surface area contributed by atoms with Gasteiger partial charge in [0, 0.05) is 12.2 Å². The predicted molar refractivity (Wildman–Crippen MR) is 125 cm³/mol. The van der Waals surface area contributed by atoms with Crippen LogP contribution in [0.1, 0.15) is 11.1 Å². The zero-order chi connectivity index (χ0) is 22.5. The Morgan fingerprint density at radius 3 is 2.28 bits per heavy atom. The molecule has 1 aliphatic heterocycles. The van der Waals surface area contributed by atoms with Gasteiger partial charge in [-0.05, 0) is 42.3 Å². The first-order valence-electron chi connectivity index (χ1n) is 10.4. The van der Waals surface area contributed by atoms with E-state index in [9.17, 15) is 14.4 Å². The molecule has 0 aromatic heterocycles. The first-order valence-corrected chi connectivity index (χ1v) is 10.4. The third kappa shape index (κ3) is 4.62. The van der Waals surface area contributed by atoms with Crippen molar-refractivity contribution in [2.24, 2.45) is 0 Å². The van der Waals surface area contributed by atoms with Crippen LogP contribution in [-0.2, 0) is 16.1 Å². The van der Waals surface area contributed by atoms with Crippen LogP contribution in [0.4, 0.5) is 21.9 Å². The number of carbonyl (C=O) groups is 3. The van der Waals surface area contributed by atoms with Gasteiger partial charge in [0.2, 0.25) is 11.8 Å². The van der Waals surface area contributed by atoms with Gasteiger partial charge in [0.15, 0.2) is 0 Å². The van der Waals surface area contributed by atoms with Crippen molar-refractivity contribution in [3.05, 3.63) is 90.0 Å². The monoisotopic (exact) mass is 428 g/mol. The fraction of sp³-hybridized carbons (Fsp3) is 0.160. The summed E-state index contributed by atoms with van der Waals surface area (Å²) in [5.74, 6) is -0.587. The van der Waals surface area contributed by atoms with Crippen LogP contribution in [0.5, 0.6) is 0 Å². The van der Waals surface area contributed by atoms with Gasteiger partial charge in [-0.2, -0.15) is 0 Å². The molecule has 7 nitrogen and oxygen atoms in total. The van der Waals surface area contributed by atoms with Gasteiger partial charge in [-0.25, -0.2) is 4.79 Å². The zero-order valence-electron chi connectivity index (χ0n) is 17.7. The summed E-state index contributed by atoms with van der Waals surface area (Å²) < 4.78 is 0. The molecule has 2 N–H and O–H groups in total. The van der Waals surface area contributed by atoms with Crippen LogP contribution in [0.2, 0.25) is 0 Å². The van der Waals surface area contributed by atoms with Crippen LogP contribution >= 0.6 is 0 Å². The maximum absolute atomic E-state index is 12.9. The molecule has 0 unspecified atom stereocenters. The lowest BCUT2D eigenvalue weighted by Crippen LogP contribution is -2.52. The van der Waals surface area contributed by atoms with E-state index in [1.54, 1.807) is 36.4 Å². The number of amides is 4. The van der Waals surface area contributed by atoms with E-state index in [0.29, 0.717) is 23.6 Å². The molecule has 1 heterocycles. The number of nitrogens with zero attached hydrogens (tertiary/aromatic N) is 2. The van der Waals surface area contributed by atoms with Crippen molar-refractivity contribution in [2.45, 2.75) is 13.5 Å². The quantitative estimate of drug-likeness (QED) is 0.650. The van der Waals surface area contributed by atoms with Crippen molar-refractivity contribution in [1.82, 2.24) is 5.32 Å². The van der Waals surface area contributed by atoms with E-state index in [1.807, 2.05) is 49.4 Å². The SMILES string of the molecule is Cc1ccccc1CNC(=O)CN1C(=O)CN(C(=O)Nc2ccccc2)c2ccccc21. The summed E-state index contributed by atoms with van der Waals surface area (Å²) >= 11 is 0. The second-order valence-corrected chi connectivity index (χ2v) is 7.55. The third-order valence-corrected chi connectivity index (χ3v) is 5.37. The molecule has 3 aromatic carbocycles. The predicted octanol–water partition coefficient (Wildman–Crippen LogP) is 3.70.